The Kier molecular flexibility index (Phi) is 3.67. The van der Waals surface area contributed by atoms with Crippen molar-refractivity contribution >= 4 is 21.9 Å². The van der Waals surface area contributed by atoms with E-state index in [0.717, 1.165) is 5.56 Å². The van der Waals surface area contributed by atoms with E-state index in [9.17, 15) is 4.79 Å². The van der Waals surface area contributed by atoms with Crippen LogP contribution in [0.15, 0.2) is 46.9 Å². The number of carboxylic acid groups (broad SMARTS) is 1. The molecule has 2 rings (SSSR count). The average Bonchev–Trinajstić information content (AvgIpc) is 2.31. The van der Waals surface area contributed by atoms with Crippen LogP contribution >= 0.6 is 15.9 Å². The Morgan fingerprint density at radius 1 is 1.22 bits per heavy atom. The molecule has 18 heavy (non-hydrogen) atoms. The van der Waals surface area contributed by atoms with Crippen LogP contribution in [-0.2, 0) is 0 Å². The van der Waals surface area contributed by atoms with Gasteiger partial charge in [-0.2, -0.15) is 0 Å². The van der Waals surface area contributed by atoms with Crippen LogP contribution in [0.5, 0.6) is 11.5 Å². The molecule has 0 aromatic heterocycles. The van der Waals surface area contributed by atoms with Crippen LogP contribution in [0, 0.1) is 6.92 Å². The van der Waals surface area contributed by atoms with Gasteiger partial charge in [-0.15, -0.1) is 0 Å². The number of carbonyl (C=O) groups is 1. The first-order valence-corrected chi connectivity index (χ1v) is 6.13. The normalized spacial score (nSPS) is 10.1. The van der Waals surface area contributed by atoms with Crippen molar-refractivity contribution in [1.82, 2.24) is 0 Å². The zero-order valence-corrected chi connectivity index (χ0v) is 11.3. The van der Waals surface area contributed by atoms with Crippen molar-refractivity contribution in [3.63, 3.8) is 0 Å². The summed E-state index contributed by atoms with van der Waals surface area (Å²) in [6.07, 6.45) is 0. The lowest BCUT2D eigenvalue weighted by Gasteiger charge is -2.09. The largest absolute Gasteiger partial charge is 0.478 e. The number of carboxylic acids is 1. The summed E-state index contributed by atoms with van der Waals surface area (Å²) in [5.41, 5.74) is 1.19. The molecule has 3 nitrogen and oxygen atoms in total. The van der Waals surface area contributed by atoms with Gasteiger partial charge in [-0.3, -0.25) is 0 Å². The molecule has 92 valence electrons. The van der Waals surface area contributed by atoms with E-state index in [0.29, 0.717) is 16.0 Å². The standard InChI is InChI=1S/C14H11BrO3/c1-9-3-2-4-11(7-9)18-13-6-5-10(15)8-12(13)14(16)17/h2-8H,1H3,(H,16,17). The van der Waals surface area contributed by atoms with Crippen molar-refractivity contribution in [3.8, 4) is 11.5 Å². The molecule has 0 spiro atoms. The van der Waals surface area contributed by atoms with Crippen LogP contribution in [0.3, 0.4) is 0 Å². The van der Waals surface area contributed by atoms with Gasteiger partial charge in [0, 0.05) is 4.47 Å². The van der Waals surface area contributed by atoms with E-state index in [1.54, 1.807) is 18.2 Å². The molecule has 0 atom stereocenters. The molecule has 0 bridgehead atoms. The predicted octanol–water partition coefficient (Wildman–Crippen LogP) is 4.25. The molecule has 0 heterocycles. The van der Waals surface area contributed by atoms with Gasteiger partial charge in [-0.05, 0) is 42.8 Å². The third-order valence-corrected chi connectivity index (χ3v) is 2.88. The number of rotatable bonds is 3. The third kappa shape index (κ3) is 2.90. The van der Waals surface area contributed by atoms with Crippen molar-refractivity contribution in [2.24, 2.45) is 0 Å². The van der Waals surface area contributed by atoms with Gasteiger partial charge >= 0.3 is 5.97 Å². The van der Waals surface area contributed by atoms with Crippen LogP contribution in [-0.4, -0.2) is 11.1 Å². The first-order valence-electron chi connectivity index (χ1n) is 5.33. The lowest BCUT2D eigenvalue weighted by atomic mass is 10.2. The van der Waals surface area contributed by atoms with E-state index < -0.39 is 5.97 Å². The zero-order valence-electron chi connectivity index (χ0n) is 9.68. The first-order chi connectivity index (χ1) is 8.56. The molecular formula is C14H11BrO3. The molecular weight excluding hydrogens is 296 g/mol. The Labute approximate surface area is 113 Å². The average molecular weight is 307 g/mol. The lowest BCUT2D eigenvalue weighted by molar-refractivity contribution is 0.0694. The summed E-state index contributed by atoms with van der Waals surface area (Å²) in [5, 5.41) is 9.12. The van der Waals surface area contributed by atoms with Gasteiger partial charge in [0.05, 0.1) is 0 Å². The molecule has 0 unspecified atom stereocenters. The van der Waals surface area contributed by atoms with Gasteiger partial charge in [-0.1, -0.05) is 28.1 Å². The van der Waals surface area contributed by atoms with Crippen LogP contribution in [0.1, 0.15) is 15.9 Å². The highest BCUT2D eigenvalue weighted by Gasteiger charge is 2.12. The highest BCUT2D eigenvalue weighted by Crippen LogP contribution is 2.28. The Morgan fingerprint density at radius 2 is 2.00 bits per heavy atom. The minimum atomic E-state index is -1.01. The van der Waals surface area contributed by atoms with Gasteiger partial charge in [0.15, 0.2) is 0 Å². The summed E-state index contributed by atoms with van der Waals surface area (Å²) in [7, 11) is 0. The minimum absolute atomic E-state index is 0.130. The van der Waals surface area contributed by atoms with Crippen molar-refractivity contribution < 1.29 is 14.6 Å². The third-order valence-electron chi connectivity index (χ3n) is 2.39. The molecule has 1 N–H and O–H groups in total. The molecule has 0 aliphatic rings. The van der Waals surface area contributed by atoms with Crippen LogP contribution in [0.4, 0.5) is 0 Å². The van der Waals surface area contributed by atoms with Crippen LogP contribution in [0.25, 0.3) is 0 Å². The second kappa shape index (κ2) is 5.23. The topological polar surface area (TPSA) is 46.5 Å². The Morgan fingerprint density at radius 3 is 2.67 bits per heavy atom. The summed E-state index contributed by atoms with van der Waals surface area (Å²) in [6.45, 7) is 1.95. The highest BCUT2D eigenvalue weighted by molar-refractivity contribution is 9.10. The molecule has 0 aliphatic carbocycles. The van der Waals surface area contributed by atoms with Crippen molar-refractivity contribution in [2.45, 2.75) is 6.92 Å². The second-order valence-corrected chi connectivity index (χ2v) is 4.78. The highest BCUT2D eigenvalue weighted by atomic mass is 79.9. The summed E-state index contributed by atoms with van der Waals surface area (Å²) < 4.78 is 6.31. The van der Waals surface area contributed by atoms with Gasteiger partial charge in [0.25, 0.3) is 0 Å². The van der Waals surface area contributed by atoms with Crippen molar-refractivity contribution in [3.05, 3.63) is 58.1 Å². The van der Waals surface area contributed by atoms with Gasteiger partial charge in [0.1, 0.15) is 17.1 Å². The maximum absolute atomic E-state index is 11.1. The summed E-state index contributed by atoms with van der Waals surface area (Å²) in [4.78, 5) is 11.1. The number of benzene rings is 2. The molecule has 4 heteroatoms. The van der Waals surface area contributed by atoms with Gasteiger partial charge in [-0.25, -0.2) is 4.79 Å². The van der Waals surface area contributed by atoms with E-state index in [1.165, 1.54) is 6.07 Å². The van der Waals surface area contributed by atoms with Crippen LogP contribution < -0.4 is 4.74 Å². The van der Waals surface area contributed by atoms with Crippen molar-refractivity contribution in [2.75, 3.05) is 0 Å². The fourth-order valence-corrected chi connectivity index (χ4v) is 1.93. The molecule has 2 aromatic carbocycles. The monoisotopic (exact) mass is 306 g/mol. The lowest BCUT2D eigenvalue weighted by Crippen LogP contribution is -2.00. The Balaban J connectivity index is 2.37. The number of aromatic carboxylic acids is 1. The molecule has 0 radical (unpaired) electrons. The van der Waals surface area contributed by atoms with E-state index in [1.807, 2.05) is 25.1 Å². The molecule has 0 saturated carbocycles. The number of aryl methyl sites for hydroxylation is 1. The van der Waals surface area contributed by atoms with Gasteiger partial charge < -0.3 is 9.84 Å². The maximum atomic E-state index is 11.1. The second-order valence-electron chi connectivity index (χ2n) is 3.86. The number of hydrogen-bond acceptors (Lipinski definition) is 2. The Bertz CT molecular complexity index is 593. The van der Waals surface area contributed by atoms with Gasteiger partial charge in [0.2, 0.25) is 0 Å². The van der Waals surface area contributed by atoms with Crippen LogP contribution in [0.2, 0.25) is 0 Å². The number of halogens is 1. The van der Waals surface area contributed by atoms with Crippen molar-refractivity contribution in [1.29, 1.82) is 0 Å². The quantitative estimate of drug-likeness (QED) is 0.922. The summed E-state index contributed by atoms with van der Waals surface area (Å²) in [5.74, 6) is -0.0601. The molecule has 0 saturated heterocycles. The summed E-state index contributed by atoms with van der Waals surface area (Å²) in [6, 6.07) is 12.4. The predicted molar refractivity (Wildman–Crippen MR) is 72.4 cm³/mol. The number of ether oxygens (including phenoxy) is 1. The first kappa shape index (κ1) is 12.6. The zero-order chi connectivity index (χ0) is 13.1. The van der Waals surface area contributed by atoms with E-state index >= 15 is 0 Å². The fraction of sp³-hybridized carbons (Fsp3) is 0.0714. The van der Waals surface area contributed by atoms with E-state index in [2.05, 4.69) is 15.9 Å². The smallest absolute Gasteiger partial charge is 0.339 e. The molecule has 0 fully saturated rings. The minimum Gasteiger partial charge on any atom is -0.478 e. The fourth-order valence-electron chi connectivity index (χ4n) is 1.56. The molecule has 2 aromatic rings. The SMILES string of the molecule is Cc1cccc(Oc2ccc(Br)cc2C(=O)O)c1. The van der Waals surface area contributed by atoms with E-state index in [4.69, 9.17) is 9.84 Å². The maximum Gasteiger partial charge on any atom is 0.339 e. The summed E-state index contributed by atoms with van der Waals surface area (Å²) >= 11 is 3.24. The number of hydrogen-bond donors (Lipinski definition) is 1. The van der Waals surface area contributed by atoms with E-state index in [-0.39, 0.29) is 5.56 Å². The molecule has 0 aliphatic heterocycles. The Hall–Kier alpha value is -1.81. The molecule has 0 amide bonds.